The average molecular weight is 355 g/mol. The van der Waals surface area contributed by atoms with Gasteiger partial charge in [-0.3, -0.25) is 0 Å². The molecule has 0 aliphatic rings. The van der Waals surface area contributed by atoms with Crippen molar-refractivity contribution in [1.29, 1.82) is 0 Å². The molecule has 0 aliphatic heterocycles. The highest BCUT2D eigenvalue weighted by Crippen LogP contribution is 2.20. The molecular formula is C20H28F3NO. The Hall–Kier alpha value is -1.78. The molecule has 1 aromatic carbocycles. The van der Waals surface area contributed by atoms with Crippen molar-refractivity contribution in [3.63, 3.8) is 0 Å². The molecule has 0 saturated carbocycles. The molecule has 140 valence electrons. The van der Waals surface area contributed by atoms with Gasteiger partial charge in [0.25, 0.3) is 5.90 Å². The van der Waals surface area contributed by atoms with E-state index >= 15 is 0 Å². The van der Waals surface area contributed by atoms with E-state index in [2.05, 4.69) is 11.9 Å². The van der Waals surface area contributed by atoms with Crippen molar-refractivity contribution in [1.82, 2.24) is 0 Å². The summed E-state index contributed by atoms with van der Waals surface area (Å²) in [6, 6.07) is 9.95. The van der Waals surface area contributed by atoms with E-state index in [1.54, 1.807) is 13.0 Å². The summed E-state index contributed by atoms with van der Waals surface area (Å²) in [4.78, 5) is 3.62. The summed E-state index contributed by atoms with van der Waals surface area (Å²) < 4.78 is 44.0. The third-order valence-corrected chi connectivity index (χ3v) is 3.66. The number of unbranched alkanes of at least 4 members (excludes halogenated alkanes) is 3. The Morgan fingerprint density at radius 3 is 2.52 bits per heavy atom. The molecule has 0 saturated heterocycles. The number of benzene rings is 1. The Balaban J connectivity index is 2.44. The van der Waals surface area contributed by atoms with Crippen molar-refractivity contribution in [2.24, 2.45) is 4.99 Å². The van der Waals surface area contributed by atoms with Crippen LogP contribution in [-0.4, -0.2) is 24.7 Å². The molecule has 1 rings (SSSR count). The van der Waals surface area contributed by atoms with Gasteiger partial charge < -0.3 is 4.74 Å². The van der Waals surface area contributed by atoms with Crippen molar-refractivity contribution in [2.75, 3.05) is 6.54 Å². The highest BCUT2D eigenvalue weighted by atomic mass is 19.4. The van der Waals surface area contributed by atoms with E-state index in [1.165, 1.54) is 5.56 Å². The van der Waals surface area contributed by atoms with Crippen molar-refractivity contribution < 1.29 is 17.9 Å². The normalized spacial score (nSPS) is 14.0. The minimum absolute atomic E-state index is 0.152. The number of aliphatic imine (C=N–C) groups is 1. The maximum atomic E-state index is 13.0. The number of ether oxygens (including phenoxy) is 1. The van der Waals surface area contributed by atoms with Crippen LogP contribution in [0.15, 0.2) is 47.5 Å². The second kappa shape index (κ2) is 11.7. The minimum atomic E-state index is -4.54. The van der Waals surface area contributed by atoms with Crippen LogP contribution in [0.25, 0.3) is 0 Å². The van der Waals surface area contributed by atoms with Crippen LogP contribution >= 0.6 is 0 Å². The maximum Gasteiger partial charge on any atom is 0.468 e. The Bertz CT molecular complexity index is 523. The van der Waals surface area contributed by atoms with Gasteiger partial charge in [-0.1, -0.05) is 62.6 Å². The molecule has 0 radical (unpaired) electrons. The molecule has 0 bridgehead atoms. The van der Waals surface area contributed by atoms with Crippen LogP contribution in [0.1, 0.15) is 51.5 Å². The summed E-state index contributed by atoms with van der Waals surface area (Å²) >= 11 is 0. The molecule has 0 heterocycles. The number of aryl methyl sites for hydroxylation is 1. The summed E-state index contributed by atoms with van der Waals surface area (Å²) in [5.41, 5.74) is 1.20. The first-order valence-electron chi connectivity index (χ1n) is 8.92. The monoisotopic (exact) mass is 355 g/mol. The van der Waals surface area contributed by atoms with Gasteiger partial charge in [-0.25, -0.2) is 4.99 Å². The standard InChI is InChI=1S/C20H28F3NO/c1-3-4-5-11-16-24-19(20(21,22)23)25-17(2)12-9-10-15-18-13-7-6-8-14-18/h6-9,12-14,17H,3-5,10-11,15-16H2,1-2H3/b12-9+,24-19?/t17-/m0/s1. The predicted molar refractivity (Wildman–Crippen MR) is 96.9 cm³/mol. The Kier molecular flexibility index (Phi) is 9.97. The van der Waals surface area contributed by atoms with Crippen molar-refractivity contribution in [3.8, 4) is 0 Å². The number of halogens is 3. The summed E-state index contributed by atoms with van der Waals surface area (Å²) in [6.45, 7) is 3.80. The van der Waals surface area contributed by atoms with Crippen LogP contribution in [0, 0.1) is 0 Å². The van der Waals surface area contributed by atoms with E-state index in [0.717, 1.165) is 32.1 Å². The molecule has 5 heteroatoms. The van der Waals surface area contributed by atoms with E-state index in [0.29, 0.717) is 6.42 Å². The fourth-order valence-corrected chi connectivity index (χ4v) is 2.31. The van der Waals surface area contributed by atoms with Crippen molar-refractivity contribution in [2.45, 2.75) is 64.7 Å². The number of hydrogen-bond acceptors (Lipinski definition) is 2. The van der Waals surface area contributed by atoms with Gasteiger partial charge in [0.1, 0.15) is 6.10 Å². The van der Waals surface area contributed by atoms with Crippen LogP contribution in [-0.2, 0) is 11.2 Å². The van der Waals surface area contributed by atoms with E-state index in [1.807, 2.05) is 36.4 Å². The maximum absolute atomic E-state index is 13.0. The number of alkyl halides is 3. The molecule has 25 heavy (non-hydrogen) atoms. The zero-order valence-corrected chi connectivity index (χ0v) is 15.1. The van der Waals surface area contributed by atoms with Crippen molar-refractivity contribution >= 4 is 5.90 Å². The Morgan fingerprint density at radius 1 is 1.16 bits per heavy atom. The first-order valence-corrected chi connectivity index (χ1v) is 8.92. The lowest BCUT2D eigenvalue weighted by atomic mass is 10.1. The van der Waals surface area contributed by atoms with Gasteiger partial charge in [0.05, 0.1) is 0 Å². The SMILES string of the molecule is CCCCCCN=C(O[C@@H](C)/C=C/CCc1ccccc1)C(F)(F)F. The fourth-order valence-electron chi connectivity index (χ4n) is 2.31. The molecule has 1 aromatic rings. The van der Waals surface area contributed by atoms with Crippen LogP contribution in [0.5, 0.6) is 0 Å². The van der Waals surface area contributed by atoms with E-state index in [4.69, 9.17) is 4.74 Å². The minimum Gasteiger partial charge on any atom is -0.467 e. The summed E-state index contributed by atoms with van der Waals surface area (Å²) in [5.74, 6) is -1.12. The van der Waals surface area contributed by atoms with E-state index in [9.17, 15) is 13.2 Å². The second-order valence-corrected chi connectivity index (χ2v) is 6.02. The molecule has 0 unspecified atom stereocenters. The van der Waals surface area contributed by atoms with E-state index in [-0.39, 0.29) is 6.54 Å². The largest absolute Gasteiger partial charge is 0.468 e. The molecule has 0 fully saturated rings. The topological polar surface area (TPSA) is 21.6 Å². The first kappa shape index (κ1) is 21.3. The fraction of sp³-hybridized carbons (Fsp3) is 0.550. The number of allylic oxidation sites excluding steroid dienone is 1. The highest BCUT2D eigenvalue weighted by molar-refractivity contribution is 5.82. The number of hydrogen-bond donors (Lipinski definition) is 0. The number of rotatable bonds is 10. The molecule has 0 aliphatic carbocycles. The quantitative estimate of drug-likeness (QED) is 0.214. The van der Waals surface area contributed by atoms with Crippen LogP contribution in [0.2, 0.25) is 0 Å². The van der Waals surface area contributed by atoms with Gasteiger partial charge in [0, 0.05) is 6.54 Å². The summed E-state index contributed by atoms with van der Waals surface area (Å²) in [6.07, 6.45) is 3.50. The lowest BCUT2D eigenvalue weighted by Gasteiger charge is -2.15. The van der Waals surface area contributed by atoms with Crippen molar-refractivity contribution in [3.05, 3.63) is 48.0 Å². The van der Waals surface area contributed by atoms with Gasteiger partial charge >= 0.3 is 6.18 Å². The van der Waals surface area contributed by atoms with Gasteiger partial charge in [-0.05, 0) is 37.8 Å². The zero-order valence-electron chi connectivity index (χ0n) is 15.1. The molecular weight excluding hydrogens is 327 g/mol. The molecule has 0 amide bonds. The van der Waals surface area contributed by atoms with Gasteiger partial charge in [-0.2, -0.15) is 13.2 Å². The lowest BCUT2D eigenvalue weighted by Crippen LogP contribution is -2.29. The molecule has 1 atom stereocenters. The van der Waals surface area contributed by atoms with Gasteiger partial charge in [0.15, 0.2) is 0 Å². The third-order valence-electron chi connectivity index (χ3n) is 3.66. The average Bonchev–Trinajstić information content (AvgIpc) is 2.57. The lowest BCUT2D eigenvalue weighted by molar-refractivity contribution is -0.0808. The van der Waals surface area contributed by atoms with Crippen LogP contribution in [0.3, 0.4) is 0 Å². The van der Waals surface area contributed by atoms with E-state index < -0.39 is 18.2 Å². The Morgan fingerprint density at radius 2 is 1.88 bits per heavy atom. The molecule has 0 spiro atoms. The van der Waals surface area contributed by atoms with Crippen LogP contribution in [0.4, 0.5) is 13.2 Å². The second-order valence-electron chi connectivity index (χ2n) is 6.02. The summed E-state index contributed by atoms with van der Waals surface area (Å²) in [7, 11) is 0. The highest BCUT2D eigenvalue weighted by Gasteiger charge is 2.38. The molecule has 0 aromatic heterocycles. The first-order chi connectivity index (χ1) is 11.9. The number of nitrogens with zero attached hydrogens (tertiary/aromatic N) is 1. The Labute approximate surface area is 148 Å². The molecule has 2 nitrogen and oxygen atoms in total. The smallest absolute Gasteiger partial charge is 0.467 e. The zero-order chi connectivity index (χ0) is 18.5. The van der Waals surface area contributed by atoms with Gasteiger partial charge in [0.2, 0.25) is 0 Å². The summed E-state index contributed by atoms with van der Waals surface area (Å²) in [5, 5.41) is 0. The van der Waals surface area contributed by atoms with Gasteiger partial charge in [-0.15, -0.1) is 0 Å². The molecule has 0 N–H and O–H groups in total. The predicted octanol–water partition coefficient (Wildman–Crippen LogP) is 6.12. The van der Waals surface area contributed by atoms with Crippen LogP contribution < -0.4 is 0 Å². The third kappa shape index (κ3) is 9.95.